The minimum absolute atomic E-state index is 0.00356. The van der Waals surface area contributed by atoms with E-state index in [0.29, 0.717) is 17.9 Å². The molecule has 2 aliphatic rings. The van der Waals surface area contributed by atoms with Crippen LogP contribution in [0.1, 0.15) is 33.6 Å². The van der Waals surface area contributed by atoms with E-state index >= 15 is 0 Å². The maximum absolute atomic E-state index is 9.71. The van der Waals surface area contributed by atoms with E-state index in [4.69, 9.17) is 4.74 Å². The van der Waals surface area contributed by atoms with Crippen molar-refractivity contribution in [2.75, 3.05) is 0 Å². The van der Waals surface area contributed by atoms with Crippen LogP contribution in [0.5, 0.6) is 0 Å². The topological polar surface area (TPSA) is 29.5 Å². The summed E-state index contributed by atoms with van der Waals surface area (Å²) in [6.07, 6.45) is 2.22. The molecule has 1 heterocycles. The summed E-state index contributed by atoms with van der Waals surface area (Å²) in [6.45, 7) is 6.37. The smallest absolute Gasteiger partial charge is 0.0660 e. The molecule has 0 aromatic carbocycles. The fourth-order valence-electron chi connectivity index (χ4n) is 2.55. The first-order valence-electron chi connectivity index (χ1n) is 4.86. The molecule has 2 rings (SSSR count). The summed E-state index contributed by atoms with van der Waals surface area (Å²) in [5.41, 5.74) is -0.00356. The normalized spacial score (nSPS) is 51.0. The van der Waals surface area contributed by atoms with Crippen molar-refractivity contribution in [3.8, 4) is 0 Å². The first kappa shape index (κ1) is 8.52. The summed E-state index contributed by atoms with van der Waals surface area (Å²) in [4.78, 5) is 0. The molecule has 0 radical (unpaired) electrons. The zero-order chi connectivity index (χ0) is 8.93. The van der Waals surface area contributed by atoms with Gasteiger partial charge in [0.05, 0.1) is 17.8 Å². The first-order valence-corrected chi connectivity index (χ1v) is 4.86. The molecule has 2 heteroatoms. The summed E-state index contributed by atoms with van der Waals surface area (Å²) < 4.78 is 5.90. The second-order valence-electron chi connectivity index (χ2n) is 4.85. The summed E-state index contributed by atoms with van der Waals surface area (Å²) in [7, 11) is 0. The van der Waals surface area contributed by atoms with E-state index in [1.807, 2.05) is 0 Å². The zero-order valence-electron chi connectivity index (χ0n) is 8.08. The molecule has 1 saturated heterocycles. The van der Waals surface area contributed by atoms with Gasteiger partial charge >= 0.3 is 0 Å². The van der Waals surface area contributed by atoms with Gasteiger partial charge in [0, 0.05) is 5.92 Å². The van der Waals surface area contributed by atoms with E-state index < -0.39 is 0 Å². The molecule has 1 aliphatic heterocycles. The maximum atomic E-state index is 9.71. The Balaban J connectivity index is 2.19. The third-order valence-electron chi connectivity index (χ3n) is 3.67. The summed E-state index contributed by atoms with van der Waals surface area (Å²) >= 11 is 0. The van der Waals surface area contributed by atoms with Crippen molar-refractivity contribution in [3.63, 3.8) is 0 Å². The number of aliphatic hydroxyl groups is 1. The molecule has 2 fully saturated rings. The first-order chi connectivity index (χ1) is 5.50. The van der Waals surface area contributed by atoms with Crippen LogP contribution in [-0.4, -0.2) is 22.9 Å². The van der Waals surface area contributed by atoms with Gasteiger partial charge in [0.15, 0.2) is 0 Å². The lowest BCUT2D eigenvalue weighted by Crippen LogP contribution is -2.34. The van der Waals surface area contributed by atoms with Crippen LogP contribution in [0.3, 0.4) is 0 Å². The van der Waals surface area contributed by atoms with E-state index in [-0.39, 0.29) is 11.7 Å². The maximum Gasteiger partial charge on any atom is 0.0660 e. The Morgan fingerprint density at radius 2 is 2.00 bits per heavy atom. The van der Waals surface area contributed by atoms with Crippen molar-refractivity contribution in [3.05, 3.63) is 0 Å². The Labute approximate surface area is 73.9 Å². The number of fused-ring (bicyclic) bond motifs is 2. The van der Waals surface area contributed by atoms with Gasteiger partial charge in [-0.25, -0.2) is 0 Å². The second-order valence-corrected chi connectivity index (χ2v) is 4.85. The fourth-order valence-corrected chi connectivity index (χ4v) is 2.55. The standard InChI is InChI=1S/C10H18O2/c1-6-8(11)4-7-5-9(6)12-10(7,2)3/h6-9,11H,4-5H2,1-3H3. The van der Waals surface area contributed by atoms with Crippen molar-refractivity contribution >= 4 is 0 Å². The quantitative estimate of drug-likeness (QED) is 0.598. The van der Waals surface area contributed by atoms with Gasteiger partial charge in [-0.2, -0.15) is 0 Å². The van der Waals surface area contributed by atoms with E-state index in [9.17, 15) is 5.11 Å². The third kappa shape index (κ3) is 1.09. The highest BCUT2D eigenvalue weighted by molar-refractivity contribution is 4.98. The highest BCUT2D eigenvalue weighted by atomic mass is 16.5. The van der Waals surface area contributed by atoms with Crippen molar-refractivity contribution in [2.24, 2.45) is 11.8 Å². The number of hydrogen-bond acceptors (Lipinski definition) is 2. The molecule has 1 saturated carbocycles. The Morgan fingerprint density at radius 3 is 2.67 bits per heavy atom. The highest BCUT2D eigenvalue weighted by Gasteiger charge is 2.49. The van der Waals surface area contributed by atoms with Gasteiger partial charge in [-0.3, -0.25) is 0 Å². The fraction of sp³-hybridized carbons (Fsp3) is 1.00. The van der Waals surface area contributed by atoms with Crippen LogP contribution in [0, 0.1) is 11.8 Å². The zero-order valence-corrected chi connectivity index (χ0v) is 8.08. The van der Waals surface area contributed by atoms with Crippen molar-refractivity contribution in [2.45, 2.75) is 51.4 Å². The van der Waals surface area contributed by atoms with E-state index in [2.05, 4.69) is 20.8 Å². The van der Waals surface area contributed by atoms with Gasteiger partial charge < -0.3 is 9.84 Å². The predicted molar refractivity (Wildman–Crippen MR) is 46.8 cm³/mol. The SMILES string of the molecule is CC1C(O)CC2CC1OC2(C)C. The van der Waals surface area contributed by atoms with Crippen molar-refractivity contribution in [1.82, 2.24) is 0 Å². The third-order valence-corrected chi connectivity index (χ3v) is 3.67. The molecule has 4 atom stereocenters. The highest BCUT2D eigenvalue weighted by Crippen LogP contribution is 2.46. The summed E-state index contributed by atoms with van der Waals surface area (Å²) in [6, 6.07) is 0. The van der Waals surface area contributed by atoms with Crippen LogP contribution >= 0.6 is 0 Å². The van der Waals surface area contributed by atoms with Crippen LogP contribution in [0.4, 0.5) is 0 Å². The molecule has 0 amide bonds. The van der Waals surface area contributed by atoms with Crippen LogP contribution < -0.4 is 0 Å². The molecule has 1 aliphatic carbocycles. The van der Waals surface area contributed by atoms with E-state index in [1.54, 1.807) is 0 Å². The average molecular weight is 170 g/mol. The summed E-state index contributed by atoms with van der Waals surface area (Å²) in [5.74, 6) is 0.886. The Hall–Kier alpha value is -0.0800. The lowest BCUT2D eigenvalue weighted by Gasteiger charge is -2.29. The molecule has 1 N–H and O–H groups in total. The van der Waals surface area contributed by atoms with Gasteiger partial charge in [0.25, 0.3) is 0 Å². The van der Waals surface area contributed by atoms with Crippen LogP contribution in [-0.2, 0) is 4.74 Å². The molecule has 0 aromatic heterocycles. The average Bonchev–Trinajstić information content (AvgIpc) is 2.21. The number of ether oxygens (including phenoxy) is 1. The van der Waals surface area contributed by atoms with Gasteiger partial charge in [-0.05, 0) is 32.6 Å². The molecule has 4 unspecified atom stereocenters. The molecular formula is C10H18O2. The molecule has 70 valence electrons. The second kappa shape index (κ2) is 2.46. The molecule has 0 spiro atoms. The van der Waals surface area contributed by atoms with Crippen molar-refractivity contribution in [1.29, 1.82) is 0 Å². The molecule has 2 bridgehead atoms. The van der Waals surface area contributed by atoms with Crippen LogP contribution in [0.15, 0.2) is 0 Å². The van der Waals surface area contributed by atoms with E-state index in [1.165, 1.54) is 0 Å². The Bertz CT molecular complexity index is 188. The molecular weight excluding hydrogens is 152 g/mol. The molecule has 12 heavy (non-hydrogen) atoms. The number of aliphatic hydroxyl groups excluding tert-OH is 1. The number of hydrogen-bond donors (Lipinski definition) is 1. The van der Waals surface area contributed by atoms with Crippen molar-refractivity contribution < 1.29 is 9.84 Å². The lowest BCUT2D eigenvalue weighted by molar-refractivity contribution is -0.0490. The Morgan fingerprint density at radius 1 is 1.33 bits per heavy atom. The molecule has 2 nitrogen and oxygen atoms in total. The monoisotopic (exact) mass is 170 g/mol. The minimum atomic E-state index is -0.143. The number of rotatable bonds is 0. The van der Waals surface area contributed by atoms with Gasteiger partial charge in [0.2, 0.25) is 0 Å². The van der Waals surface area contributed by atoms with E-state index in [0.717, 1.165) is 12.8 Å². The van der Waals surface area contributed by atoms with Crippen LogP contribution in [0.25, 0.3) is 0 Å². The summed E-state index contributed by atoms with van der Waals surface area (Å²) in [5, 5.41) is 9.71. The van der Waals surface area contributed by atoms with Gasteiger partial charge in [0.1, 0.15) is 0 Å². The van der Waals surface area contributed by atoms with Gasteiger partial charge in [-0.15, -0.1) is 0 Å². The van der Waals surface area contributed by atoms with Gasteiger partial charge in [-0.1, -0.05) is 6.92 Å². The Kier molecular flexibility index (Phi) is 1.74. The molecule has 0 aromatic rings. The largest absolute Gasteiger partial charge is 0.393 e. The predicted octanol–water partition coefficient (Wildman–Crippen LogP) is 1.57. The minimum Gasteiger partial charge on any atom is -0.393 e. The lowest BCUT2D eigenvalue weighted by atomic mass is 9.76. The van der Waals surface area contributed by atoms with Crippen LogP contribution in [0.2, 0.25) is 0 Å².